The van der Waals surface area contributed by atoms with Gasteiger partial charge in [-0.15, -0.1) is 0 Å². The van der Waals surface area contributed by atoms with E-state index < -0.39 is 11.7 Å². The molecule has 0 aliphatic rings. The van der Waals surface area contributed by atoms with Gasteiger partial charge in [0.1, 0.15) is 6.33 Å². The van der Waals surface area contributed by atoms with E-state index in [4.69, 9.17) is 0 Å². The summed E-state index contributed by atoms with van der Waals surface area (Å²) in [5.41, 5.74) is -0.414. The number of nitrogens with one attached hydrogen (secondary N) is 2. The monoisotopic (exact) mass is 288 g/mol. The Bertz CT molecular complexity index is 539. The lowest BCUT2D eigenvalue weighted by molar-refractivity contribution is -0.138. The molecule has 1 heterocycles. The second kappa shape index (κ2) is 5.62. The van der Waals surface area contributed by atoms with Gasteiger partial charge in [0.2, 0.25) is 0 Å². The van der Waals surface area contributed by atoms with Crippen molar-refractivity contribution >= 4 is 11.8 Å². The van der Waals surface area contributed by atoms with Crippen molar-refractivity contribution in [1.82, 2.24) is 20.5 Å². The van der Waals surface area contributed by atoms with E-state index in [1.54, 1.807) is 13.1 Å². The van der Waals surface area contributed by atoms with E-state index in [-0.39, 0.29) is 12.1 Å². The predicted molar refractivity (Wildman–Crippen MR) is 64.7 cm³/mol. The third-order valence-electron chi connectivity index (χ3n) is 2.36. The molecule has 1 aromatic carbocycles. The van der Waals surface area contributed by atoms with Crippen molar-refractivity contribution in [1.29, 1.82) is 0 Å². The van der Waals surface area contributed by atoms with E-state index in [1.807, 2.05) is 0 Å². The van der Waals surface area contributed by atoms with Gasteiger partial charge in [0.25, 0.3) is 0 Å². The first-order valence-electron chi connectivity index (χ1n) is 5.38. The predicted octanol–water partition coefficient (Wildman–Crippen LogP) is 2.69. The zero-order chi connectivity index (χ0) is 13.9. The van der Waals surface area contributed by atoms with Crippen molar-refractivity contribution in [2.75, 3.05) is 7.05 Å². The van der Waals surface area contributed by atoms with E-state index >= 15 is 0 Å². The number of H-pyrrole nitrogens is 1. The summed E-state index contributed by atoms with van der Waals surface area (Å²) in [6.07, 6.45) is -3.06. The van der Waals surface area contributed by atoms with Crippen molar-refractivity contribution in [3.05, 3.63) is 35.7 Å². The molecule has 0 spiro atoms. The van der Waals surface area contributed by atoms with E-state index in [9.17, 15) is 13.2 Å². The SMILES string of the molecule is CNCc1ccc(Sc2ncn[nH]2)cc1C(F)(F)F. The van der Waals surface area contributed by atoms with E-state index in [0.29, 0.717) is 10.1 Å². The fourth-order valence-corrected chi connectivity index (χ4v) is 2.32. The number of alkyl halides is 3. The van der Waals surface area contributed by atoms with Crippen LogP contribution in [-0.2, 0) is 12.7 Å². The first-order chi connectivity index (χ1) is 9.00. The molecular formula is C11H11F3N4S. The summed E-state index contributed by atoms with van der Waals surface area (Å²) >= 11 is 1.10. The maximum Gasteiger partial charge on any atom is 0.416 e. The highest BCUT2D eigenvalue weighted by molar-refractivity contribution is 7.99. The van der Waals surface area contributed by atoms with Gasteiger partial charge >= 0.3 is 6.18 Å². The number of rotatable bonds is 4. The van der Waals surface area contributed by atoms with Crippen molar-refractivity contribution in [3.63, 3.8) is 0 Å². The Morgan fingerprint density at radius 1 is 1.37 bits per heavy atom. The van der Waals surface area contributed by atoms with Crippen LogP contribution in [0.3, 0.4) is 0 Å². The van der Waals surface area contributed by atoms with Crippen LogP contribution in [-0.4, -0.2) is 22.2 Å². The Morgan fingerprint density at radius 3 is 2.74 bits per heavy atom. The minimum atomic E-state index is -4.37. The molecule has 8 heteroatoms. The summed E-state index contributed by atoms with van der Waals surface area (Å²) < 4.78 is 38.9. The van der Waals surface area contributed by atoms with E-state index in [1.165, 1.54) is 12.4 Å². The highest BCUT2D eigenvalue weighted by Crippen LogP contribution is 2.35. The van der Waals surface area contributed by atoms with Gasteiger partial charge < -0.3 is 5.32 Å². The van der Waals surface area contributed by atoms with Gasteiger partial charge in [0.15, 0.2) is 5.16 Å². The van der Waals surface area contributed by atoms with Crippen LogP contribution in [0.15, 0.2) is 34.6 Å². The largest absolute Gasteiger partial charge is 0.416 e. The zero-order valence-electron chi connectivity index (χ0n) is 9.95. The topological polar surface area (TPSA) is 53.6 Å². The summed E-state index contributed by atoms with van der Waals surface area (Å²) in [5.74, 6) is 0. The van der Waals surface area contributed by atoms with Gasteiger partial charge in [-0.2, -0.15) is 18.3 Å². The van der Waals surface area contributed by atoms with Crippen LogP contribution in [0, 0.1) is 0 Å². The van der Waals surface area contributed by atoms with Crippen LogP contribution in [0.5, 0.6) is 0 Å². The van der Waals surface area contributed by atoms with Gasteiger partial charge in [0, 0.05) is 11.4 Å². The quantitative estimate of drug-likeness (QED) is 0.908. The van der Waals surface area contributed by atoms with Crippen LogP contribution in [0.2, 0.25) is 0 Å². The number of hydrogen-bond donors (Lipinski definition) is 2. The number of halogens is 3. The average molecular weight is 288 g/mol. The van der Waals surface area contributed by atoms with Crippen LogP contribution < -0.4 is 5.32 Å². The second-order valence-corrected chi connectivity index (χ2v) is 4.80. The molecule has 0 fully saturated rings. The third-order valence-corrected chi connectivity index (χ3v) is 3.24. The lowest BCUT2D eigenvalue weighted by atomic mass is 10.1. The molecule has 4 nitrogen and oxygen atoms in total. The number of nitrogens with zero attached hydrogens (tertiary/aromatic N) is 2. The molecule has 102 valence electrons. The van der Waals surface area contributed by atoms with E-state index in [2.05, 4.69) is 20.5 Å². The minimum absolute atomic E-state index is 0.169. The third kappa shape index (κ3) is 3.48. The van der Waals surface area contributed by atoms with Crippen LogP contribution >= 0.6 is 11.8 Å². The molecule has 0 saturated carbocycles. The minimum Gasteiger partial charge on any atom is -0.316 e. The highest BCUT2D eigenvalue weighted by atomic mass is 32.2. The average Bonchev–Trinajstić information content (AvgIpc) is 2.83. The van der Waals surface area contributed by atoms with E-state index in [0.717, 1.165) is 17.8 Å². The smallest absolute Gasteiger partial charge is 0.316 e. The number of aromatic nitrogens is 3. The second-order valence-electron chi connectivity index (χ2n) is 3.74. The molecule has 19 heavy (non-hydrogen) atoms. The molecule has 2 rings (SSSR count). The highest BCUT2D eigenvalue weighted by Gasteiger charge is 2.33. The maximum absolute atomic E-state index is 13.0. The molecule has 0 radical (unpaired) electrons. The first kappa shape index (κ1) is 13.9. The fraction of sp³-hybridized carbons (Fsp3) is 0.273. The molecule has 0 amide bonds. The maximum atomic E-state index is 13.0. The van der Waals surface area contributed by atoms with Crippen LogP contribution in [0.4, 0.5) is 13.2 Å². The van der Waals surface area contributed by atoms with Gasteiger partial charge in [0.05, 0.1) is 5.56 Å². The summed E-state index contributed by atoms with van der Waals surface area (Å²) in [6, 6.07) is 4.23. The van der Waals surface area contributed by atoms with Gasteiger partial charge in [-0.05, 0) is 24.7 Å². The Hall–Kier alpha value is -1.54. The molecular weight excluding hydrogens is 277 g/mol. The lowest BCUT2D eigenvalue weighted by Gasteiger charge is -2.13. The Kier molecular flexibility index (Phi) is 4.11. The normalized spacial score (nSPS) is 11.8. The molecule has 0 aliphatic heterocycles. The van der Waals surface area contributed by atoms with Crippen molar-refractivity contribution in [2.24, 2.45) is 0 Å². The van der Waals surface area contributed by atoms with Gasteiger partial charge in [-0.25, -0.2) is 4.98 Å². The molecule has 0 atom stereocenters. The number of aromatic amines is 1. The summed E-state index contributed by atoms with van der Waals surface area (Å²) in [6.45, 7) is 0.169. The summed E-state index contributed by atoms with van der Waals surface area (Å²) in [7, 11) is 1.61. The number of hydrogen-bond acceptors (Lipinski definition) is 4. The zero-order valence-corrected chi connectivity index (χ0v) is 10.8. The Labute approximate surface area is 111 Å². The van der Waals surface area contributed by atoms with Gasteiger partial charge in [-0.3, -0.25) is 5.10 Å². The van der Waals surface area contributed by atoms with Gasteiger partial charge in [-0.1, -0.05) is 17.8 Å². The van der Waals surface area contributed by atoms with Crippen molar-refractivity contribution in [3.8, 4) is 0 Å². The van der Waals surface area contributed by atoms with Crippen molar-refractivity contribution < 1.29 is 13.2 Å². The lowest BCUT2D eigenvalue weighted by Crippen LogP contribution is -2.14. The Balaban J connectivity index is 2.32. The fourth-order valence-electron chi connectivity index (χ4n) is 1.58. The van der Waals surface area contributed by atoms with Crippen LogP contribution in [0.1, 0.15) is 11.1 Å². The molecule has 2 N–H and O–H groups in total. The molecule has 0 saturated heterocycles. The molecule has 0 bridgehead atoms. The standard InChI is InChI=1S/C11H11F3N4S/c1-15-5-7-2-3-8(4-9(7)11(12,13)14)19-10-16-6-17-18-10/h2-4,6,15H,5H2,1H3,(H,16,17,18). The van der Waals surface area contributed by atoms with Crippen LogP contribution in [0.25, 0.3) is 0 Å². The molecule has 2 aromatic rings. The first-order valence-corrected chi connectivity index (χ1v) is 6.20. The summed E-state index contributed by atoms with van der Waals surface area (Å²) in [5, 5.41) is 9.42. The molecule has 1 aromatic heterocycles. The molecule has 0 unspecified atom stereocenters. The summed E-state index contributed by atoms with van der Waals surface area (Å²) in [4.78, 5) is 4.33. The molecule has 0 aliphatic carbocycles. The number of benzene rings is 1. The Morgan fingerprint density at radius 2 is 2.16 bits per heavy atom. The van der Waals surface area contributed by atoms with Crippen molar-refractivity contribution in [2.45, 2.75) is 22.8 Å².